The standard InChI is InChI=1S/C13H26/c1-10(2)7-8-12(5)9-13(6)11(3)4/h10,12-13H,3,7-9H2,1-2,4-6H3. The predicted octanol–water partition coefficient (Wildman–Crippen LogP) is 4.66. The number of rotatable bonds is 6. The fraction of sp³-hybridized carbons (Fsp3) is 0.846. The van der Waals surface area contributed by atoms with Crippen molar-refractivity contribution in [3.63, 3.8) is 0 Å². The Kier molecular flexibility index (Phi) is 6.11. The number of hydrogen-bond acceptors (Lipinski definition) is 0. The first-order valence-electron chi connectivity index (χ1n) is 5.58. The van der Waals surface area contributed by atoms with E-state index in [1.54, 1.807) is 0 Å². The van der Waals surface area contributed by atoms with Crippen LogP contribution in [0.1, 0.15) is 53.9 Å². The lowest BCUT2D eigenvalue weighted by molar-refractivity contribution is 0.389. The minimum atomic E-state index is 0.696. The lowest BCUT2D eigenvalue weighted by Crippen LogP contribution is -2.05. The Morgan fingerprint density at radius 1 is 1.08 bits per heavy atom. The molecule has 0 amide bonds. The highest BCUT2D eigenvalue weighted by atomic mass is 14.1. The Bertz CT molecular complexity index is 144. The summed E-state index contributed by atoms with van der Waals surface area (Å²) in [6, 6.07) is 0. The molecule has 0 aromatic carbocycles. The molecule has 0 aromatic heterocycles. The van der Waals surface area contributed by atoms with Gasteiger partial charge in [0, 0.05) is 0 Å². The summed E-state index contributed by atoms with van der Waals surface area (Å²) in [4.78, 5) is 0. The highest BCUT2D eigenvalue weighted by molar-refractivity contribution is 4.94. The van der Waals surface area contributed by atoms with Crippen molar-refractivity contribution >= 4 is 0 Å². The molecule has 0 aliphatic rings. The summed E-state index contributed by atoms with van der Waals surface area (Å²) in [5.41, 5.74) is 1.33. The summed E-state index contributed by atoms with van der Waals surface area (Å²) in [7, 11) is 0. The summed E-state index contributed by atoms with van der Waals surface area (Å²) in [6.07, 6.45) is 4.04. The van der Waals surface area contributed by atoms with Gasteiger partial charge in [0.05, 0.1) is 0 Å². The van der Waals surface area contributed by atoms with Crippen LogP contribution in [-0.2, 0) is 0 Å². The maximum atomic E-state index is 4.00. The Morgan fingerprint density at radius 2 is 1.62 bits per heavy atom. The van der Waals surface area contributed by atoms with Crippen LogP contribution in [0.4, 0.5) is 0 Å². The first-order chi connectivity index (χ1) is 5.93. The molecule has 0 heterocycles. The summed E-state index contributed by atoms with van der Waals surface area (Å²) in [5.74, 6) is 2.40. The molecule has 13 heavy (non-hydrogen) atoms. The van der Waals surface area contributed by atoms with E-state index < -0.39 is 0 Å². The molecule has 0 heteroatoms. The molecule has 0 aliphatic carbocycles. The minimum absolute atomic E-state index is 0.696. The topological polar surface area (TPSA) is 0 Å². The van der Waals surface area contributed by atoms with Crippen molar-refractivity contribution in [1.29, 1.82) is 0 Å². The van der Waals surface area contributed by atoms with Crippen LogP contribution in [0, 0.1) is 17.8 Å². The van der Waals surface area contributed by atoms with Crippen LogP contribution >= 0.6 is 0 Å². The van der Waals surface area contributed by atoms with Gasteiger partial charge in [-0.2, -0.15) is 0 Å². The van der Waals surface area contributed by atoms with E-state index in [0.717, 1.165) is 11.8 Å². The van der Waals surface area contributed by atoms with Crippen molar-refractivity contribution in [2.24, 2.45) is 17.8 Å². The van der Waals surface area contributed by atoms with Crippen LogP contribution in [-0.4, -0.2) is 0 Å². The lowest BCUT2D eigenvalue weighted by atomic mass is 9.88. The molecular weight excluding hydrogens is 156 g/mol. The van der Waals surface area contributed by atoms with Crippen LogP contribution in [0.15, 0.2) is 12.2 Å². The fourth-order valence-electron chi connectivity index (χ4n) is 1.54. The molecule has 0 radical (unpaired) electrons. The molecule has 0 nitrogen and oxygen atoms in total. The molecule has 0 aromatic rings. The molecule has 2 unspecified atom stereocenters. The monoisotopic (exact) mass is 182 g/mol. The van der Waals surface area contributed by atoms with E-state index in [4.69, 9.17) is 0 Å². The van der Waals surface area contributed by atoms with Crippen molar-refractivity contribution in [1.82, 2.24) is 0 Å². The minimum Gasteiger partial charge on any atom is -0.0999 e. The van der Waals surface area contributed by atoms with Crippen molar-refractivity contribution in [2.45, 2.75) is 53.9 Å². The van der Waals surface area contributed by atoms with Gasteiger partial charge in [0.25, 0.3) is 0 Å². The van der Waals surface area contributed by atoms with Gasteiger partial charge in [-0.1, -0.05) is 52.7 Å². The average molecular weight is 182 g/mol. The molecule has 0 bridgehead atoms. The van der Waals surface area contributed by atoms with Crippen LogP contribution in [0.3, 0.4) is 0 Å². The average Bonchev–Trinajstić information content (AvgIpc) is 2.00. The van der Waals surface area contributed by atoms with Gasteiger partial charge in [-0.25, -0.2) is 0 Å². The van der Waals surface area contributed by atoms with Gasteiger partial charge in [-0.05, 0) is 31.1 Å². The maximum absolute atomic E-state index is 4.00. The largest absolute Gasteiger partial charge is 0.0999 e. The Labute approximate surface area is 84.4 Å². The Morgan fingerprint density at radius 3 is 2.00 bits per heavy atom. The van der Waals surface area contributed by atoms with Gasteiger partial charge in [0.15, 0.2) is 0 Å². The summed E-state index contributed by atoms with van der Waals surface area (Å²) >= 11 is 0. The molecular formula is C13H26. The van der Waals surface area contributed by atoms with Gasteiger partial charge >= 0.3 is 0 Å². The second-order valence-electron chi connectivity index (χ2n) is 5.06. The van der Waals surface area contributed by atoms with Crippen LogP contribution in [0.2, 0.25) is 0 Å². The number of hydrogen-bond donors (Lipinski definition) is 0. The third-order valence-corrected chi connectivity index (χ3v) is 2.83. The van der Waals surface area contributed by atoms with Crippen LogP contribution in [0.25, 0.3) is 0 Å². The van der Waals surface area contributed by atoms with Crippen molar-refractivity contribution < 1.29 is 0 Å². The molecule has 0 spiro atoms. The predicted molar refractivity (Wildman–Crippen MR) is 61.8 cm³/mol. The van der Waals surface area contributed by atoms with Gasteiger partial charge < -0.3 is 0 Å². The Hall–Kier alpha value is -0.260. The zero-order chi connectivity index (χ0) is 10.4. The van der Waals surface area contributed by atoms with Gasteiger partial charge in [0.1, 0.15) is 0 Å². The molecule has 2 atom stereocenters. The van der Waals surface area contributed by atoms with E-state index in [1.807, 2.05) is 0 Å². The van der Waals surface area contributed by atoms with Gasteiger partial charge in [-0.3, -0.25) is 0 Å². The van der Waals surface area contributed by atoms with E-state index in [1.165, 1.54) is 24.8 Å². The highest BCUT2D eigenvalue weighted by Crippen LogP contribution is 2.22. The Balaban J connectivity index is 3.61. The lowest BCUT2D eigenvalue weighted by Gasteiger charge is -2.18. The third kappa shape index (κ3) is 6.86. The molecule has 0 saturated heterocycles. The van der Waals surface area contributed by atoms with Gasteiger partial charge in [0.2, 0.25) is 0 Å². The van der Waals surface area contributed by atoms with E-state index >= 15 is 0 Å². The molecule has 0 rings (SSSR count). The van der Waals surface area contributed by atoms with E-state index in [9.17, 15) is 0 Å². The summed E-state index contributed by atoms with van der Waals surface area (Å²) < 4.78 is 0. The zero-order valence-electron chi connectivity index (χ0n) is 10.1. The second kappa shape index (κ2) is 6.23. The summed E-state index contributed by atoms with van der Waals surface area (Å²) in [6.45, 7) is 15.4. The van der Waals surface area contributed by atoms with Crippen molar-refractivity contribution in [2.75, 3.05) is 0 Å². The zero-order valence-corrected chi connectivity index (χ0v) is 10.1. The number of allylic oxidation sites excluding steroid dienone is 1. The normalized spacial score (nSPS) is 15.8. The summed E-state index contributed by atoms with van der Waals surface area (Å²) in [5, 5.41) is 0. The quantitative estimate of drug-likeness (QED) is 0.524. The second-order valence-corrected chi connectivity index (χ2v) is 5.06. The fourth-order valence-corrected chi connectivity index (χ4v) is 1.54. The van der Waals surface area contributed by atoms with Crippen LogP contribution < -0.4 is 0 Å². The SMILES string of the molecule is C=C(C)C(C)CC(C)CCC(C)C. The smallest absolute Gasteiger partial charge is 0.0235 e. The molecule has 0 fully saturated rings. The molecule has 0 saturated carbocycles. The molecule has 0 N–H and O–H groups in total. The molecule has 78 valence electrons. The third-order valence-electron chi connectivity index (χ3n) is 2.83. The van der Waals surface area contributed by atoms with E-state index in [-0.39, 0.29) is 0 Å². The first kappa shape index (κ1) is 12.7. The highest BCUT2D eigenvalue weighted by Gasteiger charge is 2.09. The van der Waals surface area contributed by atoms with Crippen LogP contribution in [0.5, 0.6) is 0 Å². The first-order valence-corrected chi connectivity index (χ1v) is 5.58. The van der Waals surface area contributed by atoms with Gasteiger partial charge in [-0.15, -0.1) is 0 Å². The van der Waals surface area contributed by atoms with E-state index in [0.29, 0.717) is 5.92 Å². The van der Waals surface area contributed by atoms with Crippen molar-refractivity contribution in [3.05, 3.63) is 12.2 Å². The van der Waals surface area contributed by atoms with Crippen molar-refractivity contribution in [3.8, 4) is 0 Å². The van der Waals surface area contributed by atoms with E-state index in [2.05, 4.69) is 41.2 Å². The maximum Gasteiger partial charge on any atom is -0.0235 e. The molecule has 0 aliphatic heterocycles.